The van der Waals surface area contributed by atoms with Crippen LogP contribution in [0.15, 0.2) is 12.4 Å². The first kappa shape index (κ1) is 11.5. The fraction of sp³-hybridized carbons (Fsp3) is 0.700. The predicted molar refractivity (Wildman–Crippen MR) is 59.8 cm³/mol. The van der Waals surface area contributed by atoms with Crippen LogP contribution >= 0.6 is 11.6 Å². The topological polar surface area (TPSA) is 29.9 Å². The van der Waals surface area contributed by atoms with Crippen LogP contribution in [0.25, 0.3) is 0 Å². The Morgan fingerprint density at radius 2 is 2.29 bits per heavy atom. The predicted octanol–water partition coefficient (Wildman–Crippen LogP) is 1.80. The lowest BCUT2D eigenvalue weighted by molar-refractivity contribution is 0.415. The van der Waals surface area contributed by atoms with Gasteiger partial charge in [-0.3, -0.25) is 0 Å². The van der Waals surface area contributed by atoms with Gasteiger partial charge in [-0.2, -0.15) is 0 Å². The van der Waals surface area contributed by atoms with Gasteiger partial charge in [0.1, 0.15) is 5.82 Å². The average molecular weight is 216 g/mol. The molecular formula is C10H18ClN3. The van der Waals surface area contributed by atoms with Crippen molar-refractivity contribution in [1.29, 1.82) is 0 Å². The number of hydrogen-bond acceptors (Lipinski definition) is 2. The van der Waals surface area contributed by atoms with Gasteiger partial charge in [-0.15, -0.1) is 11.6 Å². The van der Waals surface area contributed by atoms with E-state index in [0.29, 0.717) is 5.88 Å². The largest absolute Gasteiger partial charge is 0.334 e. The third-order valence-corrected chi connectivity index (χ3v) is 2.88. The normalized spacial score (nSPS) is 12.0. The molecule has 0 aliphatic heterocycles. The fourth-order valence-electron chi connectivity index (χ4n) is 1.20. The number of aryl methyl sites for hydroxylation is 1. The Kier molecular flexibility index (Phi) is 3.96. The van der Waals surface area contributed by atoms with Gasteiger partial charge in [-0.25, -0.2) is 4.98 Å². The summed E-state index contributed by atoms with van der Waals surface area (Å²) in [6, 6.07) is 0. The molecule has 3 nitrogen and oxygen atoms in total. The Hall–Kier alpha value is -0.540. The third kappa shape index (κ3) is 3.31. The van der Waals surface area contributed by atoms with Gasteiger partial charge in [-0.1, -0.05) is 0 Å². The minimum Gasteiger partial charge on any atom is -0.334 e. The molecule has 14 heavy (non-hydrogen) atoms. The molecule has 4 heteroatoms. The second-order valence-corrected chi connectivity index (χ2v) is 4.38. The van der Waals surface area contributed by atoms with Crippen molar-refractivity contribution in [2.45, 2.75) is 32.9 Å². The summed E-state index contributed by atoms with van der Waals surface area (Å²) in [6.45, 7) is 8.05. The maximum Gasteiger partial charge on any atom is 0.105 e. The van der Waals surface area contributed by atoms with E-state index in [2.05, 4.69) is 28.7 Å². The van der Waals surface area contributed by atoms with Crippen LogP contribution in [0.4, 0.5) is 0 Å². The molecule has 0 unspecified atom stereocenters. The van der Waals surface area contributed by atoms with Crippen molar-refractivity contribution in [3.05, 3.63) is 18.2 Å². The summed E-state index contributed by atoms with van der Waals surface area (Å²) in [5.74, 6) is 1.67. The summed E-state index contributed by atoms with van der Waals surface area (Å²) < 4.78 is 2.12. The van der Waals surface area contributed by atoms with Crippen LogP contribution in [0, 0.1) is 6.92 Å². The molecule has 0 saturated carbocycles. The van der Waals surface area contributed by atoms with Crippen LogP contribution < -0.4 is 5.32 Å². The molecular weight excluding hydrogens is 198 g/mol. The quantitative estimate of drug-likeness (QED) is 0.760. The molecule has 0 atom stereocenters. The molecule has 0 spiro atoms. The van der Waals surface area contributed by atoms with Gasteiger partial charge in [0.05, 0.1) is 0 Å². The first-order chi connectivity index (χ1) is 6.55. The molecule has 80 valence electrons. The van der Waals surface area contributed by atoms with E-state index < -0.39 is 0 Å². The fourth-order valence-corrected chi connectivity index (χ4v) is 1.30. The van der Waals surface area contributed by atoms with Crippen molar-refractivity contribution in [1.82, 2.24) is 14.9 Å². The maximum atomic E-state index is 5.80. The molecule has 0 amide bonds. The van der Waals surface area contributed by atoms with Gasteiger partial charge in [0.15, 0.2) is 0 Å². The van der Waals surface area contributed by atoms with Gasteiger partial charge in [0, 0.05) is 36.9 Å². The van der Waals surface area contributed by atoms with Crippen molar-refractivity contribution >= 4 is 11.6 Å². The summed E-state index contributed by atoms with van der Waals surface area (Å²) in [7, 11) is 0. The highest BCUT2D eigenvalue weighted by molar-refractivity contribution is 6.18. The highest BCUT2D eigenvalue weighted by atomic mass is 35.5. The van der Waals surface area contributed by atoms with Gasteiger partial charge < -0.3 is 9.88 Å². The molecule has 0 radical (unpaired) electrons. The van der Waals surface area contributed by atoms with Crippen LogP contribution in [0.2, 0.25) is 0 Å². The van der Waals surface area contributed by atoms with Crippen molar-refractivity contribution in [3.8, 4) is 0 Å². The SMILES string of the molecule is Cc1nccn1CCNC(C)(C)CCl. The number of alkyl halides is 1. The summed E-state index contributed by atoms with van der Waals surface area (Å²) in [4.78, 5) is 4.16. The highest BCUT2D eigenvalue weighted by Crippen LogP contribution is 2.03. The van der Waals surface area contributed by atoms with Crippen molar-refractivity contribution in [2.24, 2.45) is 0 Å². The van der Waals surface area contributed by atoms with Gasteiger partial charge in [-0.05, 0) is 20.8 Å². The zero-order valence-corrected chi connectivity index (χ0v) is 9.80. The number of rotatable bonds is 5. The van der Waals surface area contributed by atoms with Crippen molar-refractivity contribution < 1.29 is 0 Å². The summed E-state index contributed by atoms with van der Waals surface area (Å²) >= 11 is 5.80. The Balaban J connectivity index is 2.32. The Morgan fingerprint density at radius 3 is 2.79 bits per heavy atom. The minimum atomic E-state index is 0.00996. The molecule has 0 saturated heterocycles. The zero-order valence-electron chi connectivity index (χ0n) is 9.05. The molecule has 1 heterocycles. The minimum absolute atomic E-state index is 0.00996. The molecule has 0 aliphatic carbocycles. The molecule has 1 aromatic rings. The van der Waals surface area contributed by atoms with E-state index in [0.717, 1.165) is 18.9 Å². The summed E-state index contributed by atoms with van der Waals surface area (Å²) in [5.41, 5.74) is 0.00996. The monoisotopic (exact) mass is 215 g/mol. The van der Waals surface area contributed by atoms with E-state index in [1.54, 1.807) is 0 Å². The molecule has 1 rings (SSSR count). The molecule has 1 aromatic heterocycles. The van der Waals surface area contributed by atoms with Crippen LogP contribution in [0.1, 0.15) is 19.7 Å². The summed E-state index contributed by atoms with van der Waals surface area (Å²) in [6.07, 6.45) is 3.81. The zero-order chi connectivity index (χ0) is 10.6. The number of hydrogen-bond donors (Lipinski definition) is 1. The van der Waals surface area contributed by atoms with E-state index in [4.69, 9.17) is 11.6 Å². The molecule has 0 aliphatic rings. The van der Waals surface area contributed by atoms with E-state index >= 15 is 0 Å². The summed E-state index contributed by atoms with van der Waals surface area (Å²) in [5, 5.41) is 3.39. The van der Waals surface area contributed by atoms with Crippen LogP contribution in [0.3, 0.4) is 0 Å². The Bertz CT molecular complexity index is 281. The Morgan fingerprint density at radius 1 is 1.57 bits per heavy atom. The number of aromatic nitrogens is 2. The number of halogens is 1. The lowest BCUT2D eigenvalue weighted by Gasteiger charge is -2.23. The van der Waals surface area contributed by atoms with E-state index in [1.807, 2.05) is 19.3 Å². The average Bonchev–Trinajstić information content (AvgIpc) is 2.52. The van der Waals surface area contributed by atoms with Gasteiger partial charge in [0.25, 0.3) is 0 Å². The van der Waals surface area contributed by atoms with E-state index in [-0.39, 0.29) is 5.54 Å². The van der Waals surface area contributed by atoms with Gasteiger partial charge >= 0.3 is 0 Å². The lowest BCUT2D eigenvalue weighted by Crippen LogP contribution is -2.42. The molecule has 0 aromatic carbocycles. The first-order valence-corrected chi connectivity index (χ1v) is 5.37. The second kappa shape index (κ2) is 4.80. The van der Waals surface area contributed by atoms with Crippen LogP contribution in [-0.4, -0.2) is 27.5 Å². The third-order valence-electron chi connectivity index (χ3n) is 2.21. The standard InChI is InChI=1S/C10H18ClN3/c1-9-12-4-6-14(9)7-5-13-10(2,3)8-11/h4,6,13H,5,7-8H2,1-3H3. The molecule has 0 fully saturated rings. The number of imidazole rings is 1. The first-order valence-electron chi connectivity index (χ1n) is 4.84. The second-order valence-electron chi connectivity index (χ2n) is 4.11. The van der Waals surface area contributed by atoms with Crippen LogP contribution in [0.5, 0.6) is 0 Å². The number of nitrogens with one attached hydrogen (secondary N) is 1. The maximum absolute atomic E-state index is 5.80. The molecule has 1 N–H and O–H groups in total. The number of nitrogens with zero attached hydrogens (tertiary/aromatic N) is 2. The lowest BCUT2D eigenvalue weighted by atomic mass is 10.1. The van der Waals surface area contributed by atoms with E-state index in [9.17, 15) is 0 Å². The van der Waals surface area contributed by atoms with Crippen LogP contribution in [-0.2, 0) is 6.54 Å². The smallest absolute Gasteiger partial charge is 0.105 e. The van der Waals surface area contributed by atoms with Crippen molar-refractivity contribution in [3.63, 3.8) is 0 Å². The highest BCUT2D eigenvalue weighted by Gasteiger charge is 2.14. The Labute approximate surface area is 90.5 Å². The van der Waals surface area contributed by atoms with Gasteiger partial charge in [0.2, 0.25) is 0 Å². The van der Waals surface area contributed by atoms with Crippen molar-refractivity contribution in [2.75, 3.05) is 12.4 Å². The molecule has 0 bridgehead atoms. The van der Waals surface area contributed by atoms with E-state index in [1.165, 1.54) is 0 Å².